The quantitative estimate of drug-likeness (QED) is 0.618. The highest BCUT2D eigenvalue weighted by Crippen LogP contribution is 2.28. The predicted octanol–water partition coefficient (Wildman–Crippen LogP) is 1.97. The Labute approximate surface area is 164 Å². The van der Waals surface area contributed by atoms with Crippen molar-refractivity contribution < 1.29 is 27.9 Å². The van der Waals surface area contributed by atoms with Crippen molar-refractivity contribution in [2.45, 2.75) is 37.5 Å². The molecule has 1 fully saturated rings. The van der Waals surface area contributed by atoms with Crippen LogP contribution in [0.1, 0.15) is 24.8 Å². The molecule has 0 spiro atoms. The number of thioether (sulfide) groups is 1. The summed E-state index contributed by atoms with van der Waals surface area (Å²) in [6, 6.07) is -0.966. The van der Waals surface area contributed by atoms with Crippen molar-refractivity contribution >= 4 is 29.7 Å². The van der Waals surface area contributed by atoms with E-state index in [0.29, 0.717) is 38.1 Å². The molecule has 2 heterocycles. The second-order valence-electron chi connectivity index (χ2n) is 6.32. The first-order valence-corrected chi connectivity index (χ1v) is 10.0. The Morgan fingerprint density at radius 3 is 2.43 bits per heavy atom. The molecule has 1 saturated heterocycles. The highest BCUT2D eigenvalue weighted by Gasteiger charge is 2.32. The molecule has 1 aliphatic heterocycles. The van der Waals surface area contributed by atoms with Crippen molar-refractivity contribution in [3.8, 4) is 0 Å². The number of hydrogen-bond acceptors (Lipinski definition) is 6. The van der Waals surface area contributed by atoms with Gasteiger partial charge in [-0.25, -0.2) is 14.8 Å². The van der Waals surface area contributed by atoms with Crippen LogP contribution in [-0.4, -0.2) is 64.3 Å². The zero-order valence-electron chi connectivity index (χ0n) is 15.2. The van der Waals surface area contributed by atoms with Gasteiger partial charge in [-0.05, 0) is 31.3 Å². The fourth-order valence-electron chi connectivity index (χ4n) is 2.81. The standard InChI is InChI=1S/C16H22F3N5O3S/c1-28-7-4-12(23-15(26)27)13(25)22-11-2-5-24(6-3-11)14-20-8-10(9-21-14)16(17,18)19/h8-9,11-12,23H,2-7H2,1H3,(H,22,25)(H,26,27)/t12-/m1/s1. The molecule has 0 saturated carbocycles. The van der Waals surface area contributed by atoms with Crippen LogP contribution in [0, 0.1) is 0 Å². The minimum Gasteiger partial charge on any atom is -0.465 e. The maximum atomic E-state index is 12.6. The van der Waals surface area contributed by atoms with Gasteiger partial charge in [0.15, 0.2) is 0 Å². The Kier molecular flexibility index (Phi) is 7.72. The minimum absolute atomic E-state index is 0.148. The number of carboxylic acid groups (broad SMARTS) is 1. The average Bonchev–Trinajstić information content (AvgIpc) is 2.65. The monoisotopic (exact) mass is 421 g/mol. The smallest absolute Gasteiger partial charge is 0.419 e. The number of anilines is 1. The summed E-state index contributed by atoms with van der Waals surface area (Å²) in [6.45, 7) is 0.941. The Bertz CT molecular complexity index is 666. The van der Waals surface area contributed by atoms with Crippen molar-refractivity contribution in [3.63, 3.8) is 0 Å². The largest absolute Gasteiger partial charge is 0.465 e. The van der Waals surface area contributed by atoms with E-state index in [-0.39, 0.29) is 17.9 Å². The summed E-state index contributed by atoms with van der Waals surface area (Å²) < 4.78 is 37.7. The van der Waals surface area contributed by atoms with E-state index < -0.39 is 23.9 Å². The van der Waals surface area contributed by atoms with E-state index in [4.69, 9.17) is 5.11 Å². The van der Waals surface area contributed by atoms with E-state index in [9.17, 15) is 22.8 Å². The van der Waals surface area contributed by atoms with Crippen LogP contribution in [0.4, 0.5) is 23.9 Å². The Morgan fingerprint density at radius 1 is 1.32 bits per heavy atom. The fourth-order valence-corrected chi connectivity index (χ4v) is 3.28. The number of rotatable bonds is 7. The molecular weight excluding hydrogens is 399 g/mol. The molecule has 28 heavy (non-hydrogen) atoms. The molecule has 0 bridgehead atoms. The third-order valence-corrected chi connectivity index (χ3v) is 4.96. The third kappa shape index (κ3) is 6.43. The number of nitrogens with one attached hydrogen (secondary N) is 2. The van der Waals surface area contributed by atoms with Gasteiger partial charge >= 0.3 is 12.3 Å². The first kappa shape index (κ1) is 22.1. The molecule has 12 heteroatoms. The van der Waals surface area contributed by atoms with E-state index in [1.807, 2.05) is 6.26 Å². The lowest BCUT2D eigenvalue weighted by molar-refractivity contribution is -0.138. The van der Waals surface area contributed by atoms with Crippen molar-refractivity contribution in [2.75, 3.05) is 30.0 Å². The first-order valence-electron chi connectivity index (χ1n) is 8.63. The molecule has 0 unspecified atom stereocenters. The molecule has 0 aromatic carbocycles. The van der Waals surface area contributed by atoms with E-state index >= 15 is 0 Å². The van der Waals surface area contributed by atoms with Gasteiger partial charge in [-0.15, -0.1) is 0 Å². The molecule has 156 valence electrons. The summed E-state index contributed by atoms with van der Waals surface area (Å²) in [6.07, 6.45) is -0.861. The molecule has 1 aromatic rings. The lowest BCUT2D eigenvalue weighted by Gasteiger charge is -2.33. The van der Waals surface area contributed by atoms with Gasteiger partial charge in [0.25, 0.3) is 0 Å². The number of carbonyl (C=O) groups excluding carboxylic acids is 1. The molecule has 1 atom stereocenters. The fraction of sp³-hybridized carbons (Fsp3) is 0.625. The SMILES string of the molecule is CSCC[C@@H](NC(=O)O)C(=O)NC1CCN(c2ncc(C(F)(F)F)cn2)CC1. The van der Waals surface area contributed by atoms with Gasteiger partial charge in [-0.2, -0.15) is 24.9 Å². The maximum Gasteiger partial charge on any atom is 0.419 e. The van der Waals surface area contributed by atoms with Gasteiger partial charge in [0, 0.05) is 31.5 Å². The number of hydrogen-bond donors (Lipinski definition) is 3. The van der Waals surface area contributed by atoms with E-state index in [1.54, 1.807) is 4.90 Å². The van der Waals surface area contributed by atoms with Gasteiger partial charge in [-0.1, -0.05) is 0 Å². The summed E-state index contributed by atoms with van der Waals surface area (Å²) in [4.78, 5) is 32.5. The van der Waals surface area contributed by atoms with Crippen molar-refractivity contribution in [1.82, 2.24) is 20.6 Å². The van der Waals surface area contributed by atoms with Crippen LogP contribution < -0.4 is 15.5 Å². The summed E-state index contributed by atoms with van der Waals surface area (Å²) in [5.74, 6) is 0.478. The lowest BCUT2D eigenvalue weighted by Crippen LogP contribution is -2.52. The maximum absolute atomic E-state index is 12.6. The number of piperidine rings is 1. The Hall–Kier alpha value is -2.24. The molecule has 0 radical (unpaired) electrons. The molecule has 3 N–H and O–H groups in total. The van der Waals surface area contributed by atoms with Crippen LogP contribution in [0.15, 0.2) is 12.4 Å². The Balaban J connectivity index is 1.87. The number of aromatic nitrogens is 2. The third-order valence-electron chi connectivity index (χ3n) is 4.31. The van der Waals surface area contributed by atoms with Gasteiger partial charge in [0.1, 0.15) is 6.04 Å². The van der Waals surface area contributed by atoms with Crippen LogP contribution >= 0.6 is 11.8 Å². The van der Waals surface area contributed by atoms with E-state index in [1.165, 1.54) is 11.8 Å². The number of amides is 2. The van der Waals surface area contributed by atoms with Gasteiger partial charge in [-0.3, -0.25) is 4.79 Å². The van der Waals surface area contributed by atoms with Gasteiger partial charge in [0.05, 0.1) is 5.56 Å². The van der Waals surface area contributed by atoms with Crippen LogP contribution in [0.5, 0.6) is 0 Å². The predicted molar refractivity (Wildman–Crippen MR) is 98.4 cm³/mol. The highest BCUT2D eigenvalue weighted by molar-refractivity contribution is 7.98. The summed E-state index contributed by atoms with van der Waals surface area (Å²) in [5.41, 5.74) is -0.902. The first-order chi connectivity index (χ1) is 13.2. The summed E-state index contributed by atoms with van der Waals surface area (Å²) in [7, 11) is 0. The number of alkyl halides is 3. The van der Waals surface area contributed by atoms with E-state index in [0.717, 1.165) is 12.4 Å². The summed E-state index contributed by atoms with van der Waals surface area (Å²) >= 11 is 1.52. The van der Waals surface area contributed by atoms with Crippen LogP contribution in [-0.2, 0) is 11.0 Å². The normalized spacial score (nSPS) is 16.5. The second kappa shape index (κ2) is 9.80. The zero-order chi connectivity index (χ0) is 20.7. The van der Waals surface area contributed by atoms with Gasteiger partial charge < -0.3 is 20.6 Å². The van der Waals surface area contributed by atoms with Crippen molar-refractivity contribution in [3.05, 3.63) is 18.0 Å². The number of halogens is 3. The summed E-state index contributed by atoms with van der Waals surface area (Å²) in [5, 5.41) is 13.9. The van der Waals surface area contributed by atoms with Crippen LogP contribution in [0.2, 0.25) is 0 Å². The topological polar surface area (TPSA) is 107 Å². The molecule has 0 aliphatic carbocycles. The zero-order valence-corrected chi connectivity index (χ0v) is 16.0. The second-order valence-corrected chi connectivity index (χ2v) is 7.31. The molecular formula is C16H22F3N5O3S. The van der Waals surface area contributed by atoms with E-state index in [2.05, 4.69) is 20.6 Å². The molecule has 2 rings (SSSR count). The molecule has 1 aromatic heterocycles. The lowest BCUT2D eigenvalue weighted by atomic mass is 10.0. The minimum atomic E-state index is -4.48. The molecule has 8 nitrogen and oxygen atoms in total. The van der Waals surface area contributed by atoms with Crippen LogP contribution in [0.3, 0.4) is 0 Å². The number of carbonyl (C=O) groups is 2. The highest BCUT2D eigenvalue weighted by atomic mass is 32.2. The van der Waals surface area contributed by atoms with Gasteiger partial charge in [0.2, 0.25) is 11.9 Å². The molecule has 2 amide bonds. The van der Waals surface area contributed by atoms with Crippen molar-refractivity contribution in [1.29, 1.82) is 0 Å². The molecule has 1 aliphatic rings. The number of nitrogens with zero attached hydrogens (tertiary/aromatic N) is 3. The Morgan fingerprint density at radius 2 is 1.93 bits per heavy atom. The van der Waals surface area contributed by atoms with Crippen LogP contribution in [0.25, 0.3) is 0 Å². The average molecular weight is 421 g/mol. The van der Waals surface area contributed by atoms with Crippen molar-refractivity contribution in [2.24, 2.45) is 0 Å².